The molecule has 0 radical (unpaired) electrons. The van der Waals surface area contributed by atoms with Crippen molar-refractivity contribution in [3.63, 3.8) is 0 Å². The van der Waals surface area contributed by atoms with Gasteiger partial charge in [-0.05, 0) is 144 Å². The fraction of sp³-hybridized carbons (Fsp3) is 0.0149. The quantitative estimate of drug-likeness (QED) is 0.120. The van der Waals surface area contributed by atoms with Crippen LogP contribution in [-0.4, -0.2) is 0 Å². The smallest absolute Gasteiger partial charge is 0.0622 e. The summed E-state index contributed by atoms with van der Waals surface area (Å²) in [5.74, 6) is 0. The van der Waals surface area contributed by atoms with Gasteiger partial charge in [0.2, 0.25) is 0 Å². The number of hydrogen-bond donors (Lipinski definition) is 0. The predicted octanol–water partition coefficient (Wildman–Crippen LogP) is 18.0. The molecule has 1 aliphatic rings. The first-order valence-electron chi connectivity index (χ1n) is 23.4. The summed E-state index contributed by atoms with van der Waals surface area (Å²) in [6.45, 7) is 0. The van der Waals surface area contributed by atoms with Crippen LogP contribution in [0, 0.1) is 0 Å². The molecule has 0 bridgehead atoms. The van der Waals surface area contributed by atoms with E-state index >= 15 is 0 Å². The molecule has 310 valence electrons. The summed E-state index contributed by atoms with van der Waals surface area (Å²) >= 11 is 0. The van der Waals surface area contributed by atoms with Crippen LogP contribution < -0.4 is 0 Å². The van der Waals surface area contributed by atoms with Crippen LogP contribution in [0.25, 0.3) is 109 Å². The van der Waals surface area contributed by atoms with Crippen molar-refractivity contribution in [2.75, 3.05) is 0 Å². The maximum Gasteiger partial charge on any atom is 0.0725 e. The second-order valence-electron chi connectivity index (χ2n) is 18.2. The van der Waals surface area contributed by atoms with Gasteiger partial charge in [0.15, 0.2) is 0 Å². The van der Waals surface area contributed by atoms with E-state index in [0.717, 1.165) is 0 Å². The average Bonchev–Trinajstić information content (AvgIpc) is 3.73. The number of hydrogen-bond acceptors (Lipinski definition) is 0. The molecule has 67 heavy (non-hydrogen) atoms. The highest BCUT2D eigenvalue weighted by Gasteiger charge is 2.49. The highest BCUT2D eigenvalue weighted by molar-refractivity contribution is 6.23. The maximum absolute atomic E-state index is 2.41. The van der Waals surface area contributed by atoms with Crippen LogP contribution in [0.1, 0.15) is 22.3 Å². The summed E-state index contributed by atoms with van der Waals surface area (Å²) in [7, 11) is 0. The lowest BCUT2D eigenvalue weighted by Gasteiger charge is -2.35. The molecule has 0 heterocycles. The Kier molecular flexibility index (Phi) is 8.30. The van der Waals surface area contributed by atoms with Gasteiger partial charge in [0, 0.05) is 0 Å². The maximum atomic E-state index is 2.41. The Bertz CT molecular complexity index is 4030. The SMILES string of the molecule is c1ccc(C2(c3ccccc3)c3c(ccc4cc(-c5ccc(-c6c7ccccc7c(-c7ccc8ccccc8c7)c7ccccc67)cc5)ccc34)-c3c2c2ccccc2c2ccccc32)cc1. The number of benzene rings is 13. The third-order valence-corrected chi connectivity index (χ3v) is 14.9. The van der Waals surface area contributed by atoms with Gasteiger partial charge >= 0.3 is 0 Å². The van der Waals surface area contributed by atoms with Crippen molar-refractivity contribution in [2.24, 2.45) is 0 Å². The summed E-state index contributed by atoms with van der Waals surface area (Å²) < 4.78 is 0. The molecule has 0 spiro atoms. The third kappa shape index (κ3) is 5.48. The molecule has 13 aromatic rings. The fourth-order valence-electron chi connectivity index (χ4n) is 12.1. The van der Waals surface area contributed by atoms with Crippen molar-refractivity contribution in [1.29, 1.82) is 0 Å². The lowest BCUT2D eigenvalue weighted by atomic mass is 9.65. The molecule has 14 rings (SSSR count). The summed E-state index contributed by atoms with van der Waals surface area (Å²) in [5.41, 5.74) is 14.8. The van der Waals surface area contributed by atoms with Crippen LogP contribution in [-0.2, 0) is 5.41 Å². The molecule has 0 aliphatic heterocycles. The van der Waals surface area contributed by atoms with Crippen LogP contribution >= 0.6 is 0 Å². The molecule has 0 nitrogen and oxygen atoms in total. The minimum absolute atomic E-state index is 0.561. The van der Waals surface area contributed by atoms with Gasteiger partial charge in [0.1, 0.15) is 0 Å². The highest BCUT2D eigenvalue weighted by atomic mass is 14.5. The number of rotatable bonds is 5. The van der Waals surface area contributed by atoms with Crippen LogP contribution in [0.3, 0.4) is 0 Å². The molecule has 0 saturated carbocycles. The Morgan fingerprint density at radius 1 is 0.209 bits per heavy atom. The Morgan fingerprint density at radius 2 is 0.627 bits per heavy atom. The van der Waals surface area contributed by atoms with Crippen LogP contribution in [0.15, 0.2) is 255 Å². The van der Waals surface area contributed by atoms with Crippen LogP contribution in [0.4, 0.5) is 0 Å². The second-order valence-corrected chi connectivity index (χ2v) is 18.2. The van der Waals surface area contributed by atoms with Gasteiger partial charge < -0.3 is 0 Å². The summed E-state index contributed by atoms with van der Waals surface area (Å²) in [6.07, 6.45) is 0. The van der Waals surface area contributed by atoms with Crippen molar-refractivity contribution >= 4 is 64.6 Å². The molecule has 0 N–H and O–H groups in total. The van der Waals surface area contributed by atoms with Crippen molar-refractivity contribution in [3.8, 4) is 44.5 Å². The molecule has 0 unspecified atom stereocenters. The zero-order valence-electron chi connectivity index (χ0n) is 36.7. The average molecular weight is 847 g/mol. The largest absolute Gasteiger partial charge is 0.0725 e. The van der Waals surface area contributed by atoms with Gasteiger partial charge in [0.25, 0.3) is 0 Å². The Morgan fingerprint density at radius 3 is 1.24 bits per heavy atom. The van der Waals surface area contributed by atoms with Crippen LogP contribution in [0.2, 0.25) is 0 Å². The van der Waals surface area contributed by atoms with Gasteiger partial charge in [-0.25, -0.2) is 0 Å². The van der Waals surface area contributed by atoms with Crippen molar-refractivity contribution in [2.45, 2.75) is 5.41 Å². The van der Waals surface area contributed by atoms with E-state index in [9.17, 15) is 0 Å². The summed E-state index contributed by atoms with van der Waals surface area (Å²) in [4.78, 5) is 0. The van der Waals surface area contributed by atoms with Gasteiger partial charge in [-0.15, -0.1) is 0 Å². The van der Waals surface area contributed by atoms with E-state index in [2.05, 4.69) is 255 Å². The molecular weight excluding hydrogens is 805 g/mol. The van der Waals surface area contributed by atoms with Gasteiger partial charge in [-0.3, -0.25) is 0 Å². The van der Waals surface area contributed by atoms with E-state index in [0.29, 0.717) is 0 Å². The molecule has 1 aliphatic carbocycles. The molecular formula is C67H42. The number of fused-ring (bicyclic) bond motifs is 13. The van der Waals surface area contributed by atoms with Gasteiger partial charge in [-0.1, -0.05) is 243 Å². The van der Waals surface area contributed by atoms with E-state index < -0.39 is 5.41 Å². The standard InChI is InChI=1S/C67H42/c1-3-19-50(20-4-1)67(51-21-5-2-6-22-51)65-52-39-37-47(41-48(52)38-40-61(65)64-55-25-11-9-23-53(55)54-24-10-16-30-60(54)66(64)67)44-31-34-45(35-32-44)62-56-26-12-14-28-58(56)63(59-29-15-13-27-57(59)62)49-36-33-43-17-7-8-18-46(43)42-49/h1-42H. The minimum atomic E-state index is -0.561. The lowest BCUT2D eigenvalue weighted by molar-refractivity contribution is 0.783. The van der Waals surface area contributed by atoms with Gasteiger partial charge in [0.05, 0.1) is 5.41 Å². The second kappa shape index (κ2) is 14.7. The van der Waals surface area contributed by atoms with Crippen LogP contribution in [0.5, 0.6) is 0 Å². The van der Waals surface area contributed by atoms with Crippen molar-refractivity contribution in [1.82, 2.24) is 0 Å². The molecule has 0 fully saturated rings. The molecule has 0 amide bonds. The zero-order chi connectivity index (χ0) is 44.1. The topological polar surface area (TPSA) is 0 Å². The first-order chi connectivity index (χ1) is 33.3. The molecule has 0 atom stereocenters. The first kappa shape index (κ1) is 37.8. The third-order valence-electron chi connectivity index (χ3n) is 14.9. The molecule has 0 saturated heterocycles. The van der Waals surface area contributed by atoms with Gasteiger partial charge in [-0.2, -0.15) is 0 Å². The van der Waals surface area contributed by atoms with E-state index in [1.54, 1.807) is 0 Å². The van der Waals surface area contributed by atoms with Crippen molar-refractivity contribution < 1.29 is 0 Å². The fourth-order valence-corrected chi connectivity index (χ4v) is 12.1. The molecule has 0 aromatic heterocycles. The molecule has 13 aromatic carbocycles. The normalized spacial score (nSPS) is 12.9. The minimum Gasteiger partial charge on any atom is -0.0622 e. The first-order valence-corrected chi connectivity index (χ1v) is 23.4. The van der Waals surface area contributed by atoms with Crippen molar-refractivity contribution in [3.05, 3.63) is 277 Å². The summed E-state index contributed by atoms with van der Waals surface area (Å²) in [6, 6.07) is 95.2. The zero-order valence-corrected chi connectivity index (χ0v) is 36.7. The van der Waals surface area contributed by atoms with E-state index in [1.165, 1.54) is 131 Å². The summed E-state index contributed by atoms with van der Waals surface area (Å²) in [5, 5.41) is 15.3. The Hall–Kier alpha value is -8.58. The van der Waals surface area contributed by atoms with E-state index in [4.69, 9.17) is 0 Å². The predicted molar refractivity (Wildman–Crippen MR) is 285 cm³/mol. The van der Waals surface area contributed by atoms with E-state index in [1.807, 2.05) is 0 Å². The Labute approximate surface area is 389 Å². The highest BCUT2D eigenvalue weighted by Crippen LogP contribution is 2.62. The monoisotopic (exact) mass is 846 g/mol. The Balaban J connectivity index is 0.954. The lowest BCUT2D eigenvalue weighted by Crippen LogP contribution is -2.29. The van der Waals surface area contributed by atoms with E-state index in [-0.39, 0.29) is 0 Å². The molecule has 0 heteroatoms.